The van der Waals surface area contributed by atoms with E-state index in [0.29, 0.717) is 18.4 Å². The van der Waals surface area contributed by atoms with Crippen LogP contribution in [-0.2, 0) is 11.3 Å². The van der Waals surface area contributed by atoms with E-state index in [-0.39, 0.29) is 30.4 Å². The van der Waals surface area contributed by atoms with Crippen LogP contribution in [0.1, 0.15) is 95.8 Å². The van der Waals surface area contributed by atoms with Crippen molar-refractivity contribution in [1.82, 2.24) is 9.80 Å². The molecule has 36 heavy (non-hydrogen) atoms. The number of hydrogen-bond acceptors (Lipinski definition) is 3. The topological polar surface area (TPSA) is 32.8 Å². The minimum Gasteiger partial charge on any atom is -0.483 e. The fourth-order valence-electron chi connectivity index (χ4n) is 5.39. The molecule has 5 heteroatoms. The molecule has 0 bridgehead atoms. The number of ether oxygens (including phenoxy) is 1. The van der Waals surface area contributed by atoms with E-state index in [1.54, 1.807) is 0 Å². The second kappa shape index (κ2) is 13.2. The number of rotatable bonds is 11. The van der Waals surface area contributed by atoms with Crippen molar-refractivity contribution in [3.63, 3.8) is 0 Å². The van der Waals surface area contributed by atoms with Crippen molar-refractivity contribution in [3.8, 4) is 5.75 Å². The summed E-state index contributed by atoms with van der Waals surface area (Å²) in [7, 11) is 0. The van der Waals surface area contributed by atoms with Crippen molar-refractivity contribution in [2.24, 2.45) is 0 Å². The molecular formula is C31H45FN2O2. The third-order valence-electron chi connectivity index (χ3n) is 7.66. The molecule has 4 nitrogen and oxygen atoms in total. The third kappa shape index (κ3) is 7.32. The van der Waals surface area contributed by atoms with E-state index in [0.717, 1.165) is 37.2 Å². The van der Waals surface area contributed by atoms with Crippen molar-refractivity contribution in [2.45, 2.75) is 97.7 Å². The lowest BCUT2D eigenvalue weighted by Gasteiger charge is -2.44. The first-order valence-electron chi connectivity index (χ1n) is 13.8. The molecule has 1 saturated heterocycles. The van der Waals surface area contributed by atoms with Gasteiger partial charge in [0.25, 0.3) is 5.91 Å². The molecule has 1 aliphatic rings. The van der Waals surface area contributed by atoms with E-state index in [1.165, 1.54) is 36.1 Å². The third-order valence-corrected chi connectivity index (χ3v) is 7.66. The zero-order chi connectivity index (χ0) is 26.2. The van der Waals surface area contributed by atoms with Gasteiger partial charge in [0, 0.05) is 31.7 Å². The van der Waals surface area contributed by atoms with Crippen molar-refractivity contribution in [1.29, 1.82) is 0 Å². The summed E-state index contributed by atoms with van der Waals surface area (Å²) in [5.74, 6) is 1.57. The molecule has 0 saturated carbocycles. The smallest absolute Gasteiger partial charge is 0.260 e. The molecule has 2 unspecified atom stereocenters. The lowest BCUT2D eigenvalue weighted by molar-refractivity contribution is -0.139. The van der Waals surface area contributed by atoms with Crippen LogP contribution in [0.5, 0.6) is 5.75 Å². The summed E-state index contributed by atoms with van der Waals surface area (Å²) in [5.41, 5.74) is 3.66. The van der Waals surface area contributed by atoms with Crippen LogP contribution in [0.3, 0.4) is 0 Å². The number of nitrogens with zero attached hydrogens (tertiary/aromatic N) is 2. The Bertz CT molecular complexity index is 977. The van der Waals surface area contributed by atoms with Gasteiger partial charge in [-0.2, -0.15) is 0 Å². The van der Waals surface area contributed by atoms with Crippen LogP contribution < -0.4 is 4.74 Å². The zero-order valence-corrected chi connectivity index (χ0v) is 23.1. The Labute approximate surface area is 217 Å². The molecular weight excluding hydrogens is 451 g/mol. The van der Waals surface area contributed by atoms with Crippen LogP contribution in [0.2, 0.25) is 0 Å². The second-order valence-corrected chi connectivity index (χ2v) is 10.8. The number of halogens is 1. The zero-order valence-electron chi connectivity index (χ0n) is 23.1. The Morgan fingerprint density at radius 3 is 2.31 bits per heavy atom. The SMILES string of the molecule is CCCC(C)c1ccc(OCC(=O)N2C[C@@H](C)N(Cc3ccc(F)cc3)C[C@@H]2C)c(C(C)CCC)c1. The van der Waals surface area contributed by atoms with Gasteiger partial charge in [0.15, 0.2) is 6.61 Å². The lowest BCUT2D eigenvalue weighted by Crippen LogP contribution is -2.58. The number of carbonyl (C=O) groups is 1. The van der Waals surface area contributed by atoms with Gasteiger partial charge in [-0.25, -0.2) is 4.39 Å². The second-order valence-electron chi connectivity index (χ2n) is 10.8. The predicted molar refractivity (Wildman–Crippen MR) is 146 cm³/mol. The standard InChI is InChI=1S/C31H45FN2O2/c1-7-9-22(3)27-13-16-30(29(17-27)23(4)10-8-2)36-21-31(35)34-19-24(5)33(18-25(34)6)20-26-11-14-28(32)15-12-26/h11-17,22-25H,7-10,18-21H2,1-6H3/t22?,23?,24-,25+/m1/s1. The van der Waals surface area contributed by atoms with Gasteiger partial charge in [-0.05, 0) is 73.4 Å². The van der Waals surface area contributed by atoms with Gasteiger partial charge in [0.05, 0.1) is 0 Å². The van der Waals surface area contributed by atoms with Crippen molar-refractivity contribution in [3.05, 3.63) is 65.0 Å². The van der Waals surface area contributed by atoms with E-state index < -0.39 is 0 Å². The molecule has 0 N–H and O–H groups in total. The van der Waals surface area contributed by atoms with E-state index in [2.05, 4.69) is 64.6 Å². The fraction of sp³-hybridized carbons (Fsp3) is 0.581. The molecule has 0 spiro atoms. The van der Waals surface area contributed by atoms with Crippen molar-refractivity contribution in [2.75, 3.05) is 19.7 Å². The Morgan fingerprint density at radius 2 is 1.64 bits per heavy atom. The Morgan fingerprint density at radius 1 is 0.972 bits per heavy atom. The van der Waals surface area contributed by atoms with Crippen LogP contribution >= 0.6 is 0 Å². The number of hydrogen-bond donors (Lipinski definition) is 0. The summed E-state index contributed by atoms with van der Waals surface area (Å²) in [6, 6.07) is 13.5. The number of amides is 1. The van der Waals surface area contributed by atoms with Crippen LogP contribution in [0.25, 0.3) is 0 Å². The largest absolute Gasteiger partial charge is 0.483 e. The summed E-state index contributed by atoms with van der Waals surface area (Å²) < 4.78 is 19.5. The average Bonchev–Trinajstić information content (AvgIpc) is 2.86. The predicted octanol–water partition coefficient (Wildman–Crippen LogP) is 7.13. The normalized spacial score (nSPS) is 20.2. The highest BCUT2D eigenvalue weighted by molar-refractivity contribution is 5.78. The van der Waals surface area contributed by atoms with Crippen LogP contribution in [0.4, 0.5) is 4.39 Å². The highest BCUT2D eigenvalue weighted by Crippen LogP contribution is 2.34. The molecule has 1 fully saturated rings. The number of benzene rings is 2. The summed E-state index contributed by atoms with van der Waals surface area (Å²) in [4.78, 5) is 17.6. The molecule has 0 aromatic heterocycles. The molecule has 1 amide bonds. The summed E-state index contributed by atoms with van der Waals surface area (Å²) in [6.07, 6.45) is 4.55. The molecule has 4 atom stereocenters. The maximum Gasteiger partial charge on any atom is 0.260 e. The summed E-state index contributed by atoms with van der Waals surface area (Å²) in [5, 5.41) is 0. The van der Waals surface area contributed by atoms with Crippen molar-refractivity contribution < 1.29 is 13.9 Å². The van der Waals surface area contributed by atoms with Gasteiger partial charge in [-0.1, -0.05) is 64.8 Å². The van der Waals surface area contributed by atoms with Gasteiger partial charge < -0.3 is 9.64 Å². The Hall–Kier alpha value is -2.40. The van der Waals surface area contributed by atoms with Crippen LogP contribution in [-0.4, -0.2) is 47.5 Å². The average molecular weight is 497 g/mol. The molecule has 2 aromatic rings. The fourth-order valence-corrected chi connectivity index (χ4v) is 5.39. The minimum absolute atomic E-state index is 0.0355. The monoisotopic (exact) mass is 496 g/mol. The van der Waals surface area contributed by atoms with E-state index in [4.69, 9.17) is 4.74 Å². The van der Waals surface area contributed by atoms with Crippen LogP contribution in [0, 0.1) is 5.82 Å². The lowest BCUT2D eigenvalue weighted by atomic mass is 9.89. The van der Waals surface area contributed by atoms with E-state index in [9.17, 15) is 9.18 Å². The molecule has 3 rings (SSSR count). The van der Waals surface area contributed by atoms with Gasteiger partial charge in [-0.3, -0.25) is 9.69 Å². The van der Waals surface area contributed by atoms with E-state index in [1.807, 2.05) is 17.0 Å². The highest BCUT2D eigenvalue weighted by Gasteiger charge is 2.32. The first-order chi connectivity index (χ1) is 17.2. The minimum atomic E-state index is -0.215. The summed E-state index contributed by atoms with van der Waals surface area (Å²) >= 11 is 0. The molecule has 198 valence electrons. The van der Waals surface area contributed by atoms with Gasteiger partial charge >= 0.3 is 0 Å². The number of piperazine rings is 1. The van der Waals surface area contributed by atoms with E-state index >= 15 is 0 Å². The molecule has 0 aliphatic carbocycles. The maximum atomic E-state index is 13.3. The highest BCUT2D eigenvalue weighted by atomic mass is 19.1. The molecule has 1 heterocycles. The van der Waals surface area contributed by atoms with Gasteiger partial charge in [-0.15, -0.1) is 0 Å². The summed E-state index contributed by atoms with van der Waals surface area (Å²) in [6.45, 7) is 15.5. The number of carbonyl (C=O) groups excluding carboxylic acids is 1. The molecule has 0 radical (unpaired) electrons. The van der Waals surface area contributed by atoms with Gasteiger partial charge in [0.1, 0.15) is 11.6 Å². The Balaban J connectivity index is 1.64. The molecule has 2 aromatic carbocycles. The maximum absolute atomic E-state index is 13.3. The van der Waals surface area contributed by atoms with Crippen molar-refractivity contribution >= 4 is 5.91 Å². The Kier molecular flexibility index (Phi) is 10.4. The first kappa shape index (κ1) is 28.2. The quantitative estimate of drug-likeness (QED) is 0.332. The first-order valence-corrected chi connectivity index (χ1v) is 13.8. The molecule has 1 aliphatic heterocycles. The van der Waals surface area contributed by atoms with Gasteiger partial charge in [0.2, 0.25) is 0 Å². The van der Waals surface area contributed by atoms with Crippen LogP contribution in [0.15, 0.2) is 42.5 Å².